The summed E-state index contributed by atoms with van der Waals surface area (Å²) in [4.78, 5) is 0. The molecule has 0 spiro atoms. The molecule has 0 aromatic carbocycles. The summed E-state index contributed by atoms with van der Waals surface area (Å²) in [6.45, 7) is 11.3. The number of rotatable bonds is 0. The molecular formula is C10H15Os. The van der Waals surface area contributed by atoms with E-state index in [1.807, 2.05) is 0 Å². The normalized spacial score (nSPS) is 23.5. The third-order valence-electron chi connectivity index (χ3n) is 3.08. The van der Waals surface area contributed by atoms with Gasteiger partial charge in [0, 0.05) is 0 Å². The Morgan fingerprint density at radius 2 is 1.18 bits per heavy atom. The molecule has 0 N–H and O–H groups in total. The van der Waals surface area contributed by atoms with Crippen molar-refractivity contribution in [1.29, 1.82) is 0 Å². The Morgan fingerprint density at radius 3 is 1.27 bits per heavy atom. The minimum atomic E-state index is 0.341. The SMILES string of the molecule is CC1=C(C)[C](C)([Os])C(C)=C1C. The summed E-state index contributed by atoms with van der Waals surface area (Å²) in [5.74, 6) is 0. The summed E-state index contributed by atoms with van der Waals surface area (Å²) >= 11 is 2.09. The summed E-state index contributed by atoms with van der Waals surface area (Å²) < 4.78 is 0.341. The van der Waals surface area contributed by atoms with E-state index in [1.165, 1.54) is 11.1 Å². The quantitative estimate of drug-likeness (QED) is 0.640. The second-order valence-corrected chi connectivity index (χ2v) is 6.02. The molecule has 0 bridgehead atoms. The van der Waals surface area contributed by atoms with Gasteiger partial charge in [-0.05, 0) is 0 Å². The van der Waals surface area contributed by atoms with Crippen molar-refractivity contribution in [2.45, 2.75) is 38.6 Å². The molecule has 0 atom stereocenters. The van der Waals surface area contributed by atoms with Gasteiger partial charge in [-0.25, -0.2) is 0 Å². The summed E-state index contributed by atoms with van der Waals surface area (Å²) in [5.41, 5.74) is 6.09. The van der Waals surface area contributed by atoms with Crippen molar-refractivity contribution >= 4 is 0 Å². The van der Waals surface area contributed by atoms with Crippen molar-refractivity contribution < 1.29 is 18.6 Å². The molecule has 1 aliphatic carbocycles. The van der Waals surface area contributed by atoms with Gasteiger partial charge in [-0.15, -0.1) is 0 Å². The predicted octanol–water partition coefficient (Wildman–Crippen LogP) is 3.40. The fraction of sp³-hybridized carbons (Fsp3) is 0.600. The van der Waals surface area contributed by atoms with Crippen LogP contribution in [0, 0.1) is 0 Å². The van der Waals surface area contributed by atoms with Crippen LogP contribution in [0.5, 0.6) is 0 Å². The van der Waals surface area contributed by atoms with E-state index in [-0.39, 0.29) is 0 Å². The van der Waals surface area contributed by atoms with Gasteiger partial charge in [-0.2, -0.15) is 0 Å². The first-order chi connectivity index (χ1) is 4.89. The van der Waals surface area contributed by atoms with E-state index in [0.29, 0.717) is 3.97 Å². The van der Waals surface area contributed by atoms with Crippen molar-refractivity contribution in [3.63, 3.8) is 0 Å². The van der Waals surface area contributed by atoms with E-state index in [9.17, 15) is 0 Å². The van der Waals surface area contributed by atoms with Crippen molar-refractivity contribution in [2.75, 3.05) is 0 Å². The molecule has 1 rings (SSSR count). The molecule has 0 aliphatic heterocycles. The Bertz CT molecular complexity index is 228. The van der Waals surface area contributed by atoms with Gasteiger partial charge in [-0.3, -0.25) is 0 Å². The van der Waals surface area contributed by atoms with Crippen LogP contribution in [0.2, 0.25) is 3.97 Å². The summed E-state index contributed by atoms with van der Waals surface area (Å²) in [6.07, 6.45) is 0. The Morgan fingerprint density at radius 1 is 0.909 bits per heavy atom. The van der Waals surface area contributed by atoms with Gasteiger partial charge in [0.05, 0.1) is 0 Å². The van der Waals surface area contributed by atoms with Gasteiger partial charge in [0.2, 0.25) is 0 Å². The molecule has 0 saturated carbocycles. The zero-order valence-electron chi connectivity index (χ0n) is 7.85. The molecule has 0 aromatic rings. The summed E-state index contributed by atoms with van der Waals surface area (Å²) in [6, 6.07) is 0. The molecule has 1 heteroatoms. The van der Waals surface area contributed by atoms with Gasteiger partial charge in [-0.1, -0.05) is 0 Å². The molecule has 0 nitrogen and oxygen atoms in total. The first kappa shape index (κ1) is 9.21. The molecule has 1 aliphatic rings. The molecule has 0 amide bonds. The first-order valence-electron chi connectivity index (χ1n) is 3.93. The Hall–Kier alpha value is 0.116. The van der Waals surface area contributed by atoms with E-state index in [2.05, 4.69) is 53.2 Å². The van der Waals surface area contributed by atoms with Crippen LogP contribution >= 0.6 is 0 Å². The van der Waals surface area contributed by atoms with E-state index < -0.39 is 0 Å². The monoisotopic (exact) mass is 327 g/mol. The standard InChI is InChI=1S/C10H15.Os/c1-6-7(2)9(4)10(5)8(6)3;/h1-5H3;. The van der Waals surface area contributed by atoms with Crippen molar-refractivity contribution in [2.24, 2.45) is 0 Å². The number of allylic oxidation sites excluding steroid dienone is 4. The molecule has 0 fully saturated rings. The van der Waals surface area contributed by atoms with Crippen molar-refractivity contribution in [3.05, 3.63) is 22.3 Å². The second-order valence-electron chi connectivity index (χ2n) is 3.48. The van der Waals surface area contributed by atoms with Gasteiger partial charge >= 0.3 is 79.5 Å². The van der Waals surface area contributed by atoms with Gasteiger partial charge in [0.25, 0.3) is 0 Å². The summed E-state index contributed by atoms with van der Waals surface area (Å²) in [7, 11) is 0. The molecule has 0 aromatic heterocycles. The third-order valence-corrected chi connectivity index (χ3v) is 4.98. The Kier molecular flexibility index (Phi) is 2.14. The van der Waals surface area contributed by atoms with Crippen LogP contribution < -0.4 is 0 Å². The van der Waals surface area contributed by atoms with Crippen LogP contribution in [0.15, 0.2) is 22.3 Å². The minimum absolute atomic E-state index is 0.341. The van der Waals surface area contributed by atoms with E-state index in [0.717, 1.165) is 0 Å². The zero-order valence-corrected chi connectivity index (χ0v) is 10.4. The molecular weight excluding hydrogens is 310 g/mol. The maximum absolute atomic E-state index is 2.32. The van der Waals surface area contributed by atoms with Crippen LogP contribution in [0.4, 0.5) is 0 Å². The Balaban J connectivity index is 3.27. The van der Waals surface area contributed by atoms with Gasteiger partial charge in [0.15, 0.2) is 0 Å². The van der Waals surface area contributed by atoms with Crippen LogP contribution in [0.1, 0.15) is 34.6 Å². The number of hydrogen-bond donors (Lipinski definition) is 0. The molecule has 0 unspecified atom stereocenters. The molecule has 0 radical (unpaired) electrons. The molecule has 0 heterocycles. The van der Waals surface area contributed by atoms with Crippen LogP contribution in [-0.4, -0.2) is 0 Å². The van der Waals surface area contributed by atoms with E-state index >= 15 is 0 Å². The summed E-state index contributed by atoms with van der Waals surface area (Å²) in [5, 5.41) is 0. The Labute approximate surface area is 79.7 Å². The van der Waals surface area contributed by atoms with E-state index in [4.69, 9.17) is 0 Å². The number of hydrogen-bond acceptors (Lipinski definition) is 0. The molecule has 63 valence electrons. The topological polar surface area (TPSA) is 0 Å². The molecule has 11 heavy (non-hydrogen) atoms. The van der Waals surface area contributed by atoms with Gasteiger partial charge in [0.1, 0.15) is 0 Å². The van der Waals surface area contributed by atoms with Gasteiger partial charge < -0.3 is 0 Å². The second kappa shape index (κ2) is 2.56. The van der Waals surface area contributed by atoms with Crippen molar-refractivity contribution in [3.8, 4) is 0 Å². The molecule has 0 saturated heterocycles. The predicted molar refractivity (Wildman–Crippen MR) is 45.1 cm³/mol. The van der Waals surface area contributed by atoms with E-state index in [1.54, 1.807) is 11.1 Å². The van der Waals surface area contributed by atoms with Crippen LogP contribution in [-0.2, 0) is 18.6 Å². The fourth-order valence-electron chi connectivity index (χ4n) is 1.54. The average molecular weight is 325 g/mol. The van der Waals surface area contributed by atoms with Crippen LogP contribution in [0.3, 0.4) is 0 Å². The average Bonchev–Trinajstić information content (AvgIpc) is 2.06. The fourth-order valence-corrected chi connectivity index (χ4v) is 2.49. The maximum atomic E-state index is 2.32. The van der Waals surface area contributed by atoms with Crippen LogP contribution in [0.25, 0.3) is 0 Å². The third kappa shape index (κ3) is 1.15. The zero-order chi connectivity index (χ0) is 8.81. The first-order valence-corrected chi connectivity index (χ1v) is 5.20. The van der Waals surface area contributed by atoms with Crippen molar-refractivity contribution in [1.82, 2.24) is 0 Å².